The summed E-state index contributed by atoms with van der Waals surface area (Å²) < 4.78 is 13.5. The molecule has 4 heterocycles. The molecule has 0 saturated heterocycles. The smallest absolute Gasteiger partial charge is 0.279 e. The maximum atomic E-state index is 9.95. The maximum absolute atomic E-state index is 9.95. The summed E-state index contributed by atoms with van der Waals surface area (Å²) in [4.78, 5) is 8.78. The quantitative estimate of drug-likeness (QED) is 0.736. The number of aryl methyl sites for hydroxylation is 3. The van der Waals surface area contributed by atoms with Gasteiger partial charge in [-0.05, 0) is 40.2 Å². The van der Waals surface area contributed by atoms with Crippen molar-refractivity contribution in [3.63, 3.8) is 0 Å². The zero-order valence-electron chi connectivity index (χ0n) is 16.9. The van der Waals surface area contributed by atoms with E-state index >= 15 is 0 Å². The van der Waals surface area contributed by atoms with Gasteiger partial charge in [0.25, 0.3) is 5.89 Å². The summed E-state index contributed by atoms with van der Waals surface area (Å²) in [5, 5.41) is 18.8. The lowest BCUT2D eigenvalue weighted by molar-refractivity contribution is -0.0414. The topological polar surface area (TPSA) is 99.1 Å². The molecular weight excluding hydrogens is 358 g/mol. The first-order valence-electron chi connectivity index (χ1n) is 9.59. The van der Waals surface area contributed by atoms with E-state index in [1.54, 1.807) is 0 Å². The average Bonchev–Trinajstić information content (AvgIpc) is 3.25. The molecule has 1 aliphatic rings. The Bertz CT molecular complexity index is 1030. The maximum Gasteiger partial charge on any atom is 0.279 e. The Morgan fingerprint density at radius 3 is 2.75 bits per heavy atom. The van der Waals surface area contributed by atoms with Crippen LogP contribution in [-0.2, 0) is 30.7 Å². The molecule has 148 valence electrons. The van der Waals surface area contributed by atoms with Crippen molar-refractivity contribution in [2.45, 2.75) is 66.2 Å². The molecule has 0 saturated carbocycles. The highest BCUT2D eigenvalue weighted by atomic mass is 16.5. The summed E-state index contributed by atoms with van der Waals surface area (Å²) in [6.07, 6.45) is 1.45. The van der Waals surface area contributed by atoms with Gasteiger partial charge in [0, 0.05) is 35.3 Å². The molecule has 28 heavy (non-hydrogen) atoms. The summed E-state index contributed by atoms with van der Waals surface area (Å²) in [7, 11) is 0. The van der Waals surface area contributed by atoms with Crippen molar-refractivity contribution < 1.29 is 14.4 Å². The predicted molar refractivity (Wildman–Crippen MR) is 103 cm³/mol. The minimum absolute atomic E-state index is 0.0444. The molecular formula is C20H25N5O3. The fourth-order valence-electron chi connectivity index (χ4n) is 3.59. The van der Waals surface area contributed by atoms with Gasteiger partial charge < -0.3 is 14.4 Å². The number of ether oxygens (including phenoxy) is 1. The van der Waals surface area contributed by atoms with Crippen LogP contribution in [-0.4, -0.2) is 35.6 Å². The van der Waals surface area contributed by atoms with Crippen molar-refractivity contribution in [2.75, 3.05) is 0 Å². The number of nitrogens with zero attached hydrogens (tertiary/aromatic N) is 5. The van der Waals surface area contributed by atoms with Crippen LogP contribution < -0.4 is 0 Å². The SMILES string of the molecule is CCc1cc(-c2noc(-c3nn(CC)c4c3COC(C)(C)C4)n2)c(C)nc1O. The Balaban J connectivity index is 1.76. The highest BCUT2D eigenvalue weighted by molar-refractivity contribution is 5.63. The van der Waals surface area contributed by atoms with Crippen LogP contribution in [0.2, 0.25) is 0 Å². The molecule has 0 bridgehead atoms. The molecule has 0 spiro atoms. The Morgan fingerprint density at radius 2 is 2.04 bits per heavy atom. The van der Waals surface area contributed by atoms with E-state index < -0.39 is 0 Å². The van der Waals surface area contributed by atoms with Crippen molar-refractivity contribution in [2.24, 2.45) is 0 Å². The second-order valence-electron chi connectivity index (χ2n) is 7.70. The molecule has 0 radical (unpaired) electrons. The first-order chi connectivity index (χ1) is 13.3. The van der Waals surface area contributed by atoms with E-state index in [4.69, 9.17) is 14.4 Å². The Labute approximate surface area is 163 Å². The van der Waals surface area contributed by atoms with Crippen LogP contribution >= 0.6 is 0 Å². The zero-order valence-corrected chi connectivity index (χ0v) is 16.9. The van der Waals surface area contributed by atoms with Gasteiger partial charge in [0.15, 0.2) is 5.69 Å². The van der Waals surface area contributed by atoms with Crippen LogP contribution in [0.4, 0.5) is 0 Å². The van der Waals surface area contributed by atoms with Crippen LogP contribution in [0.25, 0.3) is 23.0 Å². The number of rotatable bonds is 4. The molecule has 0 atom stereocenters. The number of fused-ring (bicyclic) bond motifs is 1. The lowest BCUT2D eigenvalue weighted by atomic mass is 9.96. The molecule has 1 N–H and O–H groups in total. The van der Waals surface area contributed by atoms with Gasteiger partial charge in [0.05, 0.1) is 17.9 Å². The summed E-state index contributed by atoms with van der Waals surface area (Å²) in [5.41, 5.74) is 4.75. The van der Waals surface area contributed by atoms with E-state index in [2.05, 4.69) is 35.9 Å². The van der Waals surface area contributed by atoms with E-state index in [0.29, 0.717) is 36.1 Å². The first-order valence-corrected chi connectivity index (χ1v) is 9.59. The summed E-state index contributed by atoms with van der Waals surface area (Å²) in [6.45, 7) is 11.2. The van der Waals surface area contributed by atoms with Crippen molar-refractivity contribution in [3.05, 3.63) is 28.6 Å². The highest BCUT2D eigenvalue weighted by Gasteiger charge is 2.33. The molecule has 0 amide bonds. The number of hydrogen-bond acceptors (Lipinski definition) is 7. The van der Waals surface area contributed by atoms with Crippen LogP contribution in [0, 0.1) is 6.92 Å². The number of aromatic nitrogens is 5. The van der Waals surface area contributed by atoms with E-state index in [1.165, 1.54) is 0 Å². The molecule has 8 heteroatoms. The summed E-state index contributed by atoms with van der Waals surface area (Å²) in [6, 6.07) is 1.86. The molecule has 8 nitrogen and oxygen atoms in total. The lowest BCUT2D eigenvalue weighted by Gasteiger charge is -2.30. The minimum Gasteiger partial charge on any atom is -0.493 e. The third-order valence-electron chi connectivity index (χ3n) is 5.19. The standard InChI is InChI=1S/C20H25N5O3/c1-6-12-8-13(11(3)21-18(12)26)17-22-19(28-24-17)16-14-10-27-20(4,5)9-15(14)25(7-2)23-16/h8H,6-7,9-10H2,1-5H3,(H,21,26). The van der Waals surface area contributed by atoms with Gasteiger partial charge in [-0.3, -0.25) is 4.68 Å². The van der Waals surface area contributed by atoms with Crippen molar-refractivity contribution in [1.29, 1.82) is 0 Å². The normalized spacial score (nSPS) is 15.6. The third-order valence-corrected chi connectivity index (χ3v) is 5.19. The Hall–Kier alpha value is -2.74. The lowest BCUT2D eigenvalue weighted by Crippen LogP contribution is -2.32. The van der Waals surface area contributed by atoms with E-state index in [1.807, 2.05) is 24.6 Å². The van der Waals surface area contributed by atoms with Gasteiger partial charge in [-0.15, -0.1) is 0 Å². The fourth-order valence-corrected chi connectivity index (χ4v) is 3.59. The second kappa shape index (κ2) is 6.70. The molecule has 3 aromatic heterocycles. The molecule has 0 aromatic carbocycles. The van der Waals surface area contributed by atoms with Crippen LogP contribution in [0.15, 0.2) is 10.6 Å². The van der Waals surface area contributed by atoms with Gasteiger partial charge in [-0.2, -0.15) is 10.1 Å². The van der Waals surface area contributed by atoms with Crippen molar-refractivity contribution in [3.8, 4) is 28.9 Å². The molecule has 0 unspecified atom stereocenters. The third kappa shape index (κ3) is 3.07. The second-order valence-corrected chi connectivity index (χ2v) is 7.70. The van der Waals surface area contributed by atoms with Crippen molar-refractivity contribution in [1.82, 2.24) is 24.9 Å². The van der Waals surface area contributed by atoms with Gasteiger partial charge in [0.2, 0.25) is 11.7 Å². The first kappa shape index (κ1) is 18.6. The predicted octanol–water partition coefficient (Wildman–Crippen LogP) is 3.44. The summed E-state index contributed by atoms with van der Waals surface area (Å²) in [5.74, 6) is 0.849. The Morgan fingerprint density at radius 1 is 1.25 bits per heavy atom. The number of aromatic hydroxyl groups is 1. The molecule has 4 rings (SSSR count). The fraction of sp³-hybridized carbons (Fsp3) is 0.500. The minimum atomic E-state index is -0.220. The summed E-state index contributed by atoms with van der Waals surface area (Å²) >= 11 is 0. The van der Waals surface area contributed by atoms with Gasteiger partial charge in [-0.25, -0.2) is 4.98 Å². The van der Waals surface area contributed by atoms with E-state index in [9.17, 15) is 5.11 Å². The van der Waals surface area contributed by atoms with Crippen LogP contribution in [0.3, 0.4) is 0 Å². The molecule has 0 aliphatic carbocycles. The molecule has 3 aromatic rings. The zero-order chi connectivity index (χ0) is 20.1. The van der Waals surface area contributed by atoms with Crippen molar-refractivity contribution >= 4 is 0 Å². The van der Waals surface area contributed by atoms with Gasteiger partial charge in [0.1, 0.15) is 0 Å². The van der Waals surface area contributed by atoms with E-state index in [0.717, 1.165) is 35.3 Å². The van der Waals surface area contributed by atoms with Gasteiger partial charge >= 0.3 is 0 Å². The monoisotopic (exact) mass is 383 g/mol. The molecule has 0 fully saturated rings. The Kier molecular flexibility index (Phi) is 4.45. The highest BCUT2D eigenvalue weighted by Crippen LogP contribution is 2.35. The largest absolute Gasteiger partial charge is 0.493 e. The van der Waals surface area contributed by atoms with Crippen LogP contribution in [0.5, 0.6) is 5.88 Å². The average molecular weight is 383 g/mol. The van der Waals surface area contributed by atoms with Gasteiger partial charge in [-0.1, -0.05) is 12.1 Å². The number of pyridine rings is 1. The molecule has 1 aliphatic heterocycles. The van der Waals surface area contributed by atoms with Crippen LogP contribution in [0.1, 0.15) is 50.2 Å². The number of hydrogen-bond donors (Lipinski definition) is 1. The van der Waals surface area contributed by atoms with E-state index in [-0.39, 0.29) is 11.5 Å².